The summed E-state index contributed by atoms with van der Waals surface area (Å²) in [6.07, 6.45) is 1.02. The highest BCUT2D eigenvalue weighted by Crippen LogP contribution is 2.20. The first kappa shape index (κ1) is 11.3. The van der Waals surface area contributed by atoms with Crippen molar-refractivity contribution in [1.82, 2.24) is 5.32 Å². The fraction of sp³-hybridized carbons (Fsp3) is 0.500. The van der Waals surface area contributed by atoms with Crippen LogP contribution in [0.5, 0.6) is 0 Å². The van der Waals surface area contributed by atoms with Crippen LogP contribution in [0.2, 0.25) is 0 Å². The number of carbonyl (C=O) groups excluding carboxylic acids is 1. The van der Waals surface area contributed by atoms with Gasteiger partial charge in [0, 0.05) is 11.5 Å². The number of rotatable bonds is 4. The average molecular weight is 217 g/mol. The number of Topliss-reactive ketones (excluding diaryl/α,β-unsaturated/α-hetero) is 1. The highest BCUT2D eigenvalue weighted by Gasteiger charge is 2.29. The summed E-state index contributed by atoms with van der Waals surface area (Å²) in [5.74, 6) is 0.959. The van der Waals surface area contributed by atoms with Crippen LogP contribution in [-0.4, -0.2) is 18.9 Å². The molecule has 1 atom stereocenters. The average Bonchev–Trinajstić information content (AvgIpc) is 2.26. The Kier molecular flexibility index (Phi) is 3.39. The van der Waals surface area contributed by atoms with Gasteiger partial charge in [0.05, 0.1) is 0 Å². The van der Waals surface area contributed by atoms with Gasteiger partial charge >= 0.3 is 0 Å². The summed E-state index contributed by atoms with van der Waals surface area (Å²) in [4.78, 5) is 12.2. The summed E-state index contributed by atoms with van der Waals surface area (Å²) in [5, 5.41) is 3.21. The molecule has 0 spiro atoms. The lowest BCUT2D eigenvalue weighted by Gasteiger charge is -2.31. The lowest BCUT2D eigenvalue weighted by Crippen LogP contribution is -2.47. The van der Waals surface area contributed by atoms with E-state index in [1.807, 2.05) is 19.1 Å². The van der Waals surface area contributed by atoms with E-state index in [0.29, 0.717) is 5.92 Å². The molecule has 1 heterocycles. The number of benzene rings is 1. The van der Waals surface area contributed by atoms with Crippen LogP contribution < -0.4 is 5.32 Å². The molecule has 86 valence electrons. The van der Waals surface area contributed by atoms with Crippen LogP contribution in [0.4, 0.5) is 0 Å². The summed E-state index contributed by atoms with van der Waals surface area (Å²) in [6.45, 7) is 6.14. The van der Waals surface area contributed by atoms with Gasteiger partial charge < -0.3 is 5.32 Å². The van der Waals surface area contributed by atoms with Gasteiger partial charge in [-0.25, -0.2) is 0 Å². The third kappa shape index (κ3) is 2.17. The summed E-state index contributed by atoms with van der Waals surface area (Å²) < 4.78 is 0. The number of nitrogens with one attached hydrogen (secondary N) is 1. The second-order valence-electron chi connectivity index (χ2n) is 4.62. The maximum absolute atomic E-state index is 12.2. The predicted molar refractivity (Wildman–Crippen MR) is 65.7 cm³/mol. The van der Waals surface area contributed by atoms with Gasteiger partial charge in [0.25, 0.3) is 0 Å². The summed E-state index contributed by atoms with van der Waals surface area (Å²) in [7, 11) is 0. The third-order valence-electron chi connectivity index (χ3n) is 3.58. The van der Waals surface area contributed by atoms with E-state index in [1.54, 1.807) is 0 Å². The number of aryl methyl sites for hydroxylation is 1. The number of hydrogen-bond donors (Lipinski definition) is 1. The number of hydrogen-bond acceptors (Lipinski definition) is 2. The molecule has 2 nitrogen and oxygen atoms in total. The first-order valence-corrected chi connectivity index (χ1v) is 6.06. The molecule has 0 amide bonds. The molecule has 0 saturated carbocycles. The van der Waals surface area contributed by atoms with E-state index in [9.17, 15) is 4.79 Å². The normalized spacial score (nSPS) is 17.9. The van der Waals surface area contributed by atoms with Crippen molar-refractivity contribution in [2.45, 2.75) is 20.3 Å². The Morgan fingerprint density at radius 2 is 2.00 bits per heavy atom. The summed E-state index contributed by atoms with van der Waals surface area (Å²) in [6, 6.07) is 8.03. The second kappa shape index (κ2) is 4.79. The van der Waals surface area contributed by atoms with E-state index in [0.717, 1.165) is 25.1 Å². The highest BCUT2D eigenvalue weighted by molar-refractivity contribution is 5.97. The minimum Gasteiger partial charge on any atom is -0.316 e. The fourth-order valence-corrected chi connectivity index (χ4v) is 2.05. The standard InChI is InChI=1S/C14H19NO/c1-3-11-4-6-12(7-5-11)14(16)10(2)13-8-15-9-13/h4-7,10,13,15H,3,8-9H2,1-2H3. The van der Waals surface area contributed by atoms with Crippen LogP contribution in [0.1, 0.15) is 29.8 Å². The van der Waals surface area contributed by atoms with Gasteiger partial charge in [-0.15, -0.1) is 0 Å². The molecule has 1 aromatic carbocycles. The van der Waals surface area contributed by atoms with Crippen molar-refractivity contribution >= 4 is 5.78 Å². The molecule has 16 heavy (non-hydrogen) atoms. The van der Waals surface area contributed by atoms with E-state index in [2.05, 4.69) is 24.4 Å². The molecule has 1 saturated heterocycles. The summed E-state index contributed by atoms with van der Waals surface area (Å²) in [5.41, 5.74) is 2.14. The van der Waals surface area contributed by atoms with Crippen molar-refractivity contribution < 1.29 is 4.79 Å². The number of ketones is 1. The van der Waals surface area contributed by atoms with E-state index >= 15 is 0 Å². The lowest BCUT2D eigenvalue weighted by molar-refractivity contribution is 0.0854. The Morgan fingerprint density at radius 3 is 2.44 bits per heavy atom. The van der Waals surface area contributed by atoms with Gasteiger partial charge in [0.2, 0.25) is 0 Å². The lowest BCUT2D eigenvalue weighted by atomic mass is 9.83. The Bertz CT molecular complexity index is 365. The predicted octanol–water partition coefficient (Wildman–Crippen LogP) is 2.29. The molecule has 0 aromatic heterocycles. The van der Waals surface area contributed by atoms with Gasteiger partial charge in [-0.05, 0) is 31.0 Å². The largest absolute Gasteiger partial charge is 0.316 e. The van der Waals surface area contributed by atoms with Gasteiger partial charge in [-0.2, -0.15) is 0 Å². The topological polar surface area (TPSA) is 29.1 Å². The van der Waals surface area contributed by atoms with Crippen molar-refractivity contribution in [3.05, 3.63) is 35.4 Å². The first-order valence-electron chi connectivity index (χ1n) is 6.06. The van der Waals surface area contributed by atoms with Gasteiger partial charge in [-0.3, -0.25) is 4.79 Å². The van der Waals surface area contributed by atoms with Crippen LogP contribution in [0.25, 0.3) is 0 Å². The highest BCUT2D eigenvalue weighted by atomic mass is 16.1. The molecular formula is C14H19NO. The van der Waals surface area contributed by atoms with Crippen molar-refractivity contribution in [3.63, 3.8) is 0 Å². The Morgan fingerprint density at radius 1 is 1.38 bits per heavy atom. The molecule has 0 bridgehead atoms. The van der Waals surface area contributed by atoms with E-state index in [-0.39, 0.29) is 11.7 Å². The first-order chi connectivity index (χ1) is 7.72. The zero-order valence-electron chi connectivity index (χ0n) is 9.99. The van der Waals surface area contributed by atoms with Crippen molar-refractivity contribution in [2.24, 2.45) is 11.8 Å². The van der Waals surface area contributed by atoms with Gasteiger partial charge in [0.1, 0.15) is 0 Å². The maximum atomic E-state index is 12.2. The molecule has 2 rings (SSSR count). The van der Waals surface area contributed by atoms with Gasteiger partial charge in [0.15, 0.2) is 5.78 Å². The van der Waals surface area contributed by atoms with E-state index in [4.69, 9.17) is 0 Å². The van der Waals surface area contributed by atoms with Crippen molar-refractivity contribution in [2.75, 3.05) is 13.1 Å². The quantitative estimate of drug-likeness (QED) is 0.784. The van der Waals surface area contributed by atoms with Crippen LogP contribution in [0, 0.1) is 11.8 Å². The van der Waals surface area contributed by atoms with Gasteiger partial charge in [-0.1, -0.05) is 38.1 Å². The summed E-state index contributed by atoms with van der Waals surface area (Å²) >= 11 is 0. The van der Waals surface area contributed by atoms with Crippen LogP contribution >= 0.6 is 0 Å². The van der Waals surface area contributed by atoms with Crippen LogP contribution in [0.3, 0.4) is 0 Å². The van der Waals surface area contributed by atoms with E-state index in [1.165, 1.54) is 5.56 Å². The Hall–Kier alpha value is -1.15. The molecule has 2 heteroatoms. The van der Waals surface area contributed by atoms with Crippen LogP contribution in [0.15, 0.2) is 24.3 Å². The molecule has 1 unspecified atom stereocenters. The molecule has 1 fully saturated rings. The molecule has 0 aliphatic carbocycles. The second-order valence-corrected chi connectivity index (χ2v) is 4.62. The minimum atomic E-state index is 0.147. The molecule has 1 aromatic rings. The smallest absolute Gasteiger partial charge is 0.166 e. The van der Waals surface area contributed by atoms with E-state index < -0.39 is 0 Å². The SMILES string of the molecule is CCc1ccc(C(=O)C(C)C2CNC2)cc1. The Balaban J connectivity index is 2.07. The van der Waals surface area contributed by atoms with Crippen molar-refractivity contribution in [3.8, 4) is 0 Å². The molecule has 1 N–H and O–H groups in total. The molecule has 0 radical (unpaired) electrons. The third-order valence-corrected chi connectivity index (χ3v) is 3.58. The monoisotopic (exact) mass is 217 g/mol. The maximum Gasteiger partial charge on any atom is 0.166 e. The Labute approximate surface area is 97.1 Å². The zero-order chi connectivity index (χ0) is 11.5. The zero-order valence-corrected chi connectivity index (χ0v) is 9.99. The van der Waals surface area contributed by atoms with Crippen molar-refractivity contribution in [1.29, 1.82) is 0 Å². The molecular weight excluding hydrogens is 198 g/mol. The molecule has 1 aliphatic heterocycles. The minimum absolute atomic E-state index is 0.147. The molecule has 1 aliphatic rings. The number of carbonyl (C=O) groups is 1. The fourth-order valence-electron chi connectivity index (χ4n) is 2.05. The van der Waals surface area contributed by atoms with Crippen LogP contribution in [-0.2, 0) is 6.42 Å².